The van der Waals surface area contributed by atoms with Crippen LogP contribution in [0.15, 0.2) is 54.7 Å². The number of nitriles is 1. The molecule has 2 aliphatic rings. The molecule has 0 bridgehead atoms. The van der Waals surface area contributed by atoms with Gasteiger partial charge in [0.1, 0.15) is 12.2 Å². The maximum atomic E-state index is 9.57. The number of fused-ring (bicyclic) bond motifs is 5. The molecule has 162 valence electrons. The van der Waals surface area contributed by atoms with Crippen LogP contribution in [-0.2, 0) is 10.8 Å². The highest BCUT2D eigenvalue weighted by atomic mass is 15.5. The first-order valence-corrected chi connectivity index (χ1v) is 11.4. The van der Waals surface area contributed by atoms with Crippen molar-refractivity contribution in [1.29, 1.82) is 5.26 Å². The van der Waals surface area contributed by atoms with Crippen LogP contribution < -0.4 is 9.80 Å². The molecule has 2 aliphatic heterocycles. The molecular formula is C28H30N4. The fraction of sp³-hybridized carbons (Fsp3) is 0.357. The van der Waals surface area contributed by atoms with Gasteiger partial charge in [-0.05, 0) is 53.6 Å². The zero-order valence-electron chi connectivity index (χ0n) is 19.8. The van der Waals surface area contributed by atoms with Gasteiger partial charge >= 0.3 is 0 Å². The SMILES string of the molecule is CCC1(C)c2cc(C(C)(C)C)ccc2N2c3ncc(C#N)cc3N(c3ccccc3C)C21. The van der Waals surface area contributed by atoms with E-state index in [1.807, 2.05) is 6.07 Å². The van der Waals surface area contributed by atoms with E-state index in [1.54, 1.807) is 6.20 Å². The number of aryl methyl sites for hydroxylation is 1. The second-order valence-corrected chi connectivity index (χ2v) is 10.3. The monoisotopic (exact) mass is 422 g/mol. The highest BCUT2D eigenvalue weighted by molar-refractivity contribution is 5.91. The number of benzene rings is 2. The highest BCUT2D eigenvalue weighted by Crippen LogP contribution is 2.60. The number of pyridine rings is 1. The summed E-state index contributed by atoms with van der Waals surface area (Å²) in [6, 6.07) is 19.7. The third kappa shape index (κ3) is 2.70. The Kier molecular flexibility index (Phi) is 4.40. The molecule has 5 rings (SSSR count). The Labute approximate surface area is 191 Å². The first-order chi connectivity index (χ1) is 15.2. The Hall–Kier alpha value is -3.32. The molecule has 4 nitrogen and oxygen atoms in total. The van der Waals surface area contributed by atoms with Crippen molar-refractivity contribution in [2.45, 2.75) is 65.0 Å². The average Bonchev–Trinajstić information content (AvgIpc) is 3.24. The normalized spacial score (nSPS) is 21.2. The van der Waals surface area contributed by atoms with E-state index >= 15 is 0 Å². The van der Waals surface area contributed by atoms with Gasteiger partial charge in [0.05, 0.1) is 11.3 Å². The maximum absolute atomic E-state index is 9.57. The number of aromatic nitrogens is 1. The third-order valence-corrected chi connectivity index (χ3v) is 7.37. The summed E-state index contributed by atoms with van der Waals surface area (Å²) < 4.78 is 0. The minimum absolute atomic E-state index is 0.0651. The van der Waals surface area contributed by atoms with Crippen LogP contribution in [0.4, 0.5) is 22.9 Å². The molecule has 0 saturated carbocycles. The van der Waals surface area contributed by atoms with E-state index in [-0.39, 0.29) is 17.0 Å². The number of nitrogens with zero attached hydrogens (tertiary/aromatic N) is 4. The van der Waals surface area contributed by atoms with E-state index in [2.05, 4.69) is 99.9 Å². The van der Waals surface area contributed by atoms with E-state index in [1.165, 1.54) is 28.1 Å². The van der Waals surface area contributed by atoms with Gasteiger partial charge in [-0.25, -0.2) is 4.98 Å². The maximum Gasteiger partial charge on any atom is 0.158 e. The fourth-order valence-corrected chi connectivity index (χ4v) is 5.33. The Bertz CT molecular complexity index is 1260. The lowest BCUT2D eigenvalue weighted by atomic mass is 9.76. The molecule has 32 heavy (non-hydrogen) atoms. The van der Waals surface area contributed by atoms with Crippen molar-refractivity contribution in [2.24, 2.45) is 0 Å². The van der Waals surface area contributed by atoms with Gasteiger partial charge in [0.25, 0.3) is 0 Å². The van der Waals surface area contributed by atoms with Gasteiger partial charge in [0.15, 0.2) is 5.82 Å². The molecular weight excluding hydrogens is 392 g/mol. The van der Waals surface area contributed by atoms with Crippen LogP contribution in [0.25, 0.3) is 0 Å². The molecule has 1 aromatic heterocycles. The molecule has 3 aromatic rings. The minimum Gasteiger partial charge on any atom is -0.316 e. The van der Waals surface area contributed by atoms with E-state index in [4.69, 9.17) is 4.98 Å². The Morgan fingerprint density at radius 1 is 1.03 bits per heavy atom. The van der Waals surface area contributed by atoms with Crippen LogP contribution in [0.3, 0.4) is 0 Å². The predicted octanol–water partition coefficient (Wildman–Crippen LogP) is 6.86. The summed E-state index contributed by atoms with van der Waals surface area (Å²) >= 11 is 0. The third-order valence-electron chi connectivity index (χ3n) is 7.37. The van der Waals surface area contributed by atoms with Gasteiger partial charge < -0.3 is 9.80 Å². The van der Waals surface area contributed by atoms with Crippen LogP contribution in [0.1, 0.15) is 63.3 Å². The molecule has 0 amide bonds. The summed E-state index contributed by atoms with van der Waals surface area (Å²) in [6.07, 6.45) is 2.76. The van der Waals surface area contributed by atoms with Crippen molar-refractivity contribution in [2.75, 3.05) is 9.80 Å². The Morgan fingerprint density at radius 2 is 1.78 bits per heavy atom. The van der Waals surface area contributed by atoms with Gasteiger partial charge in [0.2, 0.25) is 0 Å². The van der Waals surface area contributed by atoms with Crippen LogP contribution in [0.5, 0.6) is 0 Å². The highest BCUT2D eigenvalue weighted by Gasteiger charge is 2.56. The van der Waals surface area contributed by atoms with Gasteiger partial charge in [-0.3, -0.25) is 0 Å². The van der Waals surface area contributed by atoms with Crippen LogP contribution in [0, 0.1) is 18.3 Å². The minimum atomic E-state index is -0.105. The Balaban J connectivity index is 1.81. The second kappa shape index (κ2) is 6.84. The molecule has 0 radical (unpaired) electrons. The van der Waals surface area contributed by atoms with Crippen LogP contribution in [-0.4, -0.2) is 11.1 Å². The Morgan fingerprint density at radius 3 is 2.44 bits per heavy atom. The first-order valence-electron chi connectivity index (χ1n) is 11.4. The molecule has 0 fully saturated rings. The van der Waals surface area contributed by atoms with E-state index in [0.29, 0.717) is 5.56 Å². The van der Waals surface area contributed by atoms with Gasteiger partial charge in [-0.15, -0.1) is 0 Å². The number of rotatable bonds is 2. The fourth-order valence-electron chi connectivity index (χ4n) is 5.33. The van der Waals surface area contributed by atoms with Crippen molar-refractivity contribution in [3.63, 3.8) is 0 Å². The molecule has 0 N–H and O–H groups in total. The van der Waals surface area contributed by atoms with Gasteiger partial charge in [0, 0.05) is 23.0 Å². The van der Waals surface area contributed by atoms with Crippen molar-refractivity contribution in [1.82, 2.24) is 4.98 Å². The van der Waals surface area contributed by atoms with Crippen LogP contribution >= 0.6 is 0 Å². The number of para-hydroxylation sites is 1. The standard InChI is InChI=1S/C28H30N4/c1-7-28(6)21-15-20(27(3,4)5)12-13-23(21)32-25-24(14-19(16-29)17-30-25)31(26(28)32)22-11-9-8-10-18(22)2/h8-15,17,26H,7H2,1-6H3. The number of anilines is 4. The van der Waals surface area contributed by atoms with Gasteiger partial charge in [-0.2, -0.15) is 5.26 Å². The molecule has 0 saturated heterocycles. The first kappa shape index (κ1) is 20.6. The summed E-state index contributed by atoms with van der Waals surface area (Å²) in [5, 5.41) is 9.57. The lowest BCUT2D eigenvalue weighted by molar-refractivity contribution is 0.395. The van der Waals surface area contributed by atoms with Gasteiger partial charge in [-0.1, -0.05) is 65.0 Å². The van der Waals surface area contributed by atoms with Crippen LogP contribution in [0.2, 0.25) is 0 Å². The molecule has 2 aromatic carbocycles. The van der Waals surface area contributed by atoms with Crippen molar-refractivity contribution < 1.29 is 0 Å². The molecule has 0 spiro atoms. The van der Waals surface area contributed by atoms with Crippen molar-refractivity contribution in [3.05, 3.63) is 77.0 Å². The molecule has 0 aliphatic carbocycles. The summed E-state index contributed by atoms with van der Waals surface area (Å²) in [4.78, 5) is 9.62. The zero-order chi connectivity index (χ0) is 22.8. The zero-order valence-corrected chi connectivity index (χ0v) is 19.8. The smallest absolute Gasteiger partial charge is 0.158 e. The number of hydrogen-bond donors (Lipinski definition) is 0. The molecule has 3 heterocycles. The summed E-state index contributed by atoms with van der Waals surface area (Å²) in [5.41, 5.74) is 7.92. The largest absolute Gasteiger partial charge is 0.316 e. The summed E-state index contributed by atoms with van der Waals surface area (Å²) in [5.74, 6) is 0.930. The summed E-state index contributed by atoms with van der Waals surface area (Å²) in [6.45, 7) is 13.6. The lowest BCUT2D eigenvalue weighted by Gasteiger charge is -2.39. The van der Waals surface area contributed by atoms with E-state index in [9.17, 15) is 5.26 Å². The summed E-state index contributed by atoms with van der Waals surface area (Å²) in [7, 11) is 0. The van der Waals surface area contributed by atoms with Crippen molar-refractivity contribution in [3.8, 4) is 6.07 Å². The predicted molar refractivity (Wildman–Crippen MR) is 131 cm³/mol. The number of hydrogen-bond acceptors (Lipinski definition) is 4. The van der Waals surface area contributed by atoms with E-state index < -0.39 is 0 Å². The molecule has 4 heteroatoms. The quantitative estimate of drug-likeness (QED) is 0.453. The van der Waals surface area contributed by atoms with Crippen molar-refractivity contribution >= 4 is 22.9 Å². The average molecular weight is 423 g/mol. The van der Waals surface area contributed by atoms with E-state index in [0.717, 1.165) is 17.9 Å². The lowest BCUT2D eigenvalue weighted by Crippen LogP contribution is -2.48. The second-order valence-electron chi connectivity index (χ2n) is 10.3. The molecule has 2 unspecified atom stereocenters. The topological polar surface area (TPSA) is 43.2 Å². The molecule has 2 atom stereocenters.